The standard InChI is InChI=1S/C8H15S/c1-3-7(2)9-8-5-4-6-8/h7-8H,2-6H2,1H3. The van der Waals surface area contributed by atoms with Gasteiger partial charge in [0.15, 0.2) is 0 Å². The van der Waals surface area contributed by atoms with Gasteiger partial charge in [-0.3, -0.25) is 0 Å². The highest BCUT2D eigenvalue weighted by Gasteiger charge is 2.19. The molecule has 1 atom stereocenters. The zero-order valence-electron chi connectivity index (χ0n) is 6.10. The van der Waals surface area contributed by atoms with Gasteiger partial charge in [0.2, 0.25) is 0 Å². The Labute approximate surface area is 62.4 Å². The molecule has 1 heteroatoms. The predicted molar refractivity (Wildman–Crippen MR) is 44.7 cm³/mol. The zero-order valence-corrected chi connectivity index (χ0v) is 6.91. The average Bonchev–Trinajstić information content (AvgIpc) is 1.78. The van der Waals surface area contributed by atoms with Crippen molar-refractivity contribution in [2.24, 2.45) is 0 Å². The molecule has 0 N–H and O–H groups in total. The van der Waals surface area contributed by atoms with Crippen LogP contribution in [0.25, 0.3) is 0 Å². The van der Waals surface area contributed by atoms with Crippen LogP contribution >= 0.6 is 11.8 Å². The molecule has 53 valence electrons. The van der Waals surface area contributed by atoms with E-state index in [9.17, 15) is 0 Å². The first kappa shape index (κ1) is 7.46. The van der Waals surface area contributed by atoms with Crippen molar-refractivity contribution in [3.05, 3.63) is 6.92 Å². The largest absolute Gasteiger partial charge is 0.155 e. The van der Waals surface area contributed by atoms with E-state index in [0.717, 1.165) is 5.25 Å². The van der Waals surface area contributed by atoms with Crippen LogP contribution in [0.1, 0.15) is 32.6 Å². The monoisotopic (exact) mass is 143 g/mol. The second kappa shape index (κ2) is 3.50. The Morgan fingerprint density at radius 2 is 2.33 bits per heavy atom. The first-order chi connectivity index (χ1) is 4.33. The summed E-state index contributed by atoms with van der Waals surface area (Å²) in [6.07, 6.45) is 5.56. The second-order valence-electron chi connectivity index (χ2n) is 2.72. The van der Waals surface area contributed by atoms with Crippen molar-refractivity contribution in [3.8, 4) is 0 Å². The number of thioether (sulfide) groups is 1. The molecule has 0 saturated heterocycles. The molecule has 1 unspecified atom stereocenters. The van der Waals surface area contributed by atoms with Crippen molar-refractivity contribution in [1.82, 2.24) is 0 Å². The molecule has 1 radical (unpaired) electrons. The van der Waals surface area contributed by atoms with E-state index in [-0.39, 0.29) is 0 Å². The fraction of sp³-hybridized carbons (Fsp3) is 0.875. The molecule has 0 nitrogen and oxygen atoms in total. The molecule has 0 aromatic carbocycles. The molecule has 1 rings (SSSR count). The van der Waals surface area contributed by atoms with Crippen LogP contribution < -0.4 is 0 Å². The minimum absolute atomic E-state index is 0.648. The Morgan fingerprint density at radius 3 is 2.67 bits per heavy atom. The first-order valence-corrected chi connectivity index (χ1v) is 4.75. The first-order valence-electron chi connectivity index (χ1n) is 3.81. The SMILES string of the molecule is [CH2]C(CC)SC1CCC1. The third kappa shape index (κ3) is 2.21. The van der Waals surface area contributed by atoms with Gasteiger partial charge in [0, 0.05) is 10.5 Å². The van der Waals surface area contributed by atoms with Gasteiger partial charge in [-0.1, -0.05) is 13.3 Å². The molecule has 1 fully saturated rings. The Hall–Kier alpha value is 0.350. The lowest BCUT2D eigenvalue weighted by atomic mass is 10.00. The highest BCUT2D eigenvalue weighted by Crippen LogP contribution is 2.34. The molecule has 0 bridgehead atoms. The summed E-state index contributed by atoms with van der Waals surface area (Å²) >= 11 is 2.08. The maximum atomic E-state index is 4.04. The van der Waals surface area contributed by atoms with Gasteiger partial charge < -0.3 is 0 Å². The van der Waals surface area contributed by atoms with E-state index in [4.69, 9.17) is 0 Å². The van der Waals surface area contributed by atoms with Gasteiger partial charge >= 0.3 is 0 Å². The van der Waals surface area contributed by atoms with Crippen LogP contribution in [-0.2, 0) is 0 Å². The zero-order chi connectivity index (χ0) is 6.69. The highest BCUT2D eigenvalue weighted by atomic mass is 32.2. The molecule has 0 aromatic heterocycles. The molecule has 0 aliphatic heterocycles. The van der Waals surface area contributed by atoms with Crippen molar-refractivity contribution >= 4 is 11.8 Å². The quantitative estimate of drug-likeness (QED) is 0.585. The van der Waals surface area contributed by atoms with Crippen LogP contribution in [0.15, 0.2) is 0 Å². The van der Waals surface area contributed by atoms with Gasteiger partial charge in [-0.2, -0.15) is 11.8 Å². The summed E-state index contributed by atoms with van der Waals surface area (Å²) in [5, 5.41) is 1.61. The van der Waals surface area contributed by atoms with Crippen LogP contribution in [0.4, 0.5) is 0 Å². The summed E-state index contributed by atoms with van der Waals surface area (Å²) < 4.78 is 0. The smallest absolute Gasteiger partial charge is 0.00498 e. The predicted octanol–water partition coefficient (Wildman–Crippen LogP) is 2.88. The lowest BCUT2D eigenvalue weighted by molar-refractivity contribution is 0.521. The molecule has 9 heavy (non-hydrogen) atoms. The lowest BCUT2D eigenvalue weighted by Crippen LogP contribution is -2.16. The summed E-state index contributed by atoms with van der Waals surface area (Å²) in [5.41, 5.74) is 0. The van der Waals surface area contributed by atoms with Gasteiger partial charge in [0.1, 0.15) is 0 Å². The summed E-state index contributed by atoms with van der Waals surface area (Å²) in [7, 11) is 0. The van der Waals surface area contributed by atoms with E-state index in [1.807, 2.05) is 0 Å². The van der Waals surface area contributed by atoms with E-state index >= 15 is 0 Å². The Balaban J connectivity index is 2.01. The maximum absolute atomic E-state index is 4.04. The number of hydrogen-bond donors (Lipinski definition) is 0. The molecule has 1 aliphatic rings. The van der Waals surface area contributed by atoms with Crippen molar-refractivity contribution < 1.29 is 0 Å². The lowest BCUT2D eigenvalue weighted by Gasteiger charge is -2.27. The molecule has 1 saturated carbocycles. The molecule has 0 aromatic rings. The van der Waals surface area contributed by atoms with E-state index in [0.29, 0.717) is 5.25 Å². The van der Waals surface area contributed by atoms with E-state index in [1.54, 1.807) is 0 Å². The summed E-state index contributed by atoms with van der Waals surface area (Å²) in [6.45, 7) is 6.25. The Morgan fingerprint density at radius 1 is 1.67 bits per heavy atom. The van der Waals surface area contributed by atoms with Gasteiger partial charge in [-0.25, -0.2) is 0 Å². The topological polar surface area (TPSA) is 0 Å². The second-order valence-corrected chi connectivity index (χ2v) is 4.32. The fourth-order valence-corrected chi connectivity index (χ4v) is 2.22. The third-order valence-electron chi connectivity index (χ3n) is 1.89. The van der Waals surface area contributed by atoms with Crippen LogP contribution in [0.3, 0.4) is 0 Å². The van der Waals surface area contributed by atoms with Crippen molar-refractivity contribution in [2.45, 2.75) is 43.1 Å². The van der Waals surface area contributed by atoms with Gasteiger partial charge in [-0.05, 0) is 26.2 Å². The highest BCUT2D eigenvalue weighted by molar-refractivity contribution is 8.00. The van der Waals surface area contributed by atoms with Gasteiger partial charge in [-0.15, -0.1) is 0 Å². The molecular weight excluding hydrogens is 128 g/mol. The molecular formula is C8H15S. The third-order valence-corrected chi connectivity index (χ3v) is 3.47. The normalized spacial score (nSPS) is 23.3. The number of rotatable bonds is 3. The van der Waals surface area contributed by atoms with Gasteiger partial charge in [0.25, 0.3) is 0 Å². The Bertz CT molecular complexity index is 73.9. The van der Waals surface area contributed by atoms with Crippen LogP contribution in [0, 0.1) is 6.92 Å². The minimum atomic E-state index is 0.648. The van der Waals surface area contributed by atoms with E-state index < -0.39 is 0 Å². The van der Waals surface area contributed by atoms with E-state index in [2.05, 4.69) is 25.6 Å². The van der Waals surface area contributed by atoms with Crippen molar-refractivity contribution in [2.75, 3.05) is 0 Å². The van der Waals surface area contributed by atoms with Crippen LogP contribution in [-0.4, -0.2) is 10.5 Å². The van der Waals surface area contributed by atoms with E-state index in [1.165, 1.54) is 25.7 Å². The van der Waals surface area contributed by atoms with Crippen LogP contribution in [0.2, 0.25) is 0 Å². The average molecular weight is 143 g/mol. The minimum Gasteiger partial charge on any atom is -0.155 e. The Kier molecular flexibility index (Phi) is 2.90. The summed E-state index contributed by atoms with van der Waals surface area (Å²) in [6, 6.07) is 0. The molecule has 0 amide bonds. The molecule has 1 aliphatic carbocycles. The molecule has 0 spiro atoms. The molecule has 0 heterocycles. The summed E-state index contributed by atoms with van der Waals surface area (Å²) in [4.78, 5) is 0. The summed E-state index contributed by atoms with van der Waals surface area (Å²) in [5.74, 6) is 0. The number of hydrogen-bond acceptors (Lipinski definition) is 1. The van der Waals surface area contributed by atoms with Crippen LogP contribution in [0.5, 0.6) is 0 Å². The van der Waals surface area contributed by atoms with Gasteiger partial charge in [0.05, 0.1) is 0 Å². The van der Waals surface area contributed by atoms with Crippen molar-refractivity contribution in [1.29, 1.82) is 0 Å². The van der Waals surface area contributed by atoms with Crippen molar-refractivity contribution in [3.63, 3.8) is 0 Å². The fourth-order valence-electron chi connectivity index (χ4n) is 0.875. The maximum Gasteiger partial charge on any atom is 0.00498 e.